The first-order valence-electron chi connectivity index (χ1n) is 9.07. The van der Waals surface area contributed by atoms with Crippen molar-refractivity contribution in [3.8, 4) is 0 Å². The minimum Gasteiger partial charge on any atom is -0.394 e. The number of rotatable bonds is 5. The van der Waals surface area contributed by atoms with Crippen molar-refractivity contribution in [1.29, 1.82) is 0 Å². The molecule has 2 saturated heterocycles. The minimum atomic E-state index is -1.10. The van der Waals surface area contributed by atoms with E-state index in [-0.39, 0.29) is 24.3 Å². The summed E-state index contributed by atoms with van der Waals surface area (Å²) in [5.74, 6) is -1.80. The van der Waals surface area contributed by atoms with Gasteiger partial charge in [-0.2, -0.15) is 0 Å². The molecule has 3 aliphatic heterocycles. The highest BCUT2D eigenvalue weighted by Gasteiger charge is 2.56. The van der Waals surface area contributed by atoms with Crippen LogP contribution in [0, 0.1) is 5.92 Å². The van der Waals surface area contributed by atoms with E-state index in [0.717, 1.165) is 0 Å². The number of carbonyl (C=O) groups excluding carboxylic acids is 2. The number of imide groups is 1. The predicted octanol–water partition coefficient (Wildman–Crippen LogP) is 0.518. The van der Waals surface area contributed by atoms with Gasteiger partial charge in [-0.25, -0.2) is 0 Å². The van der Waals surface area contributed by atoms with Crippen molar-refractivity contribution in [1.82, 2.24) is 4.90 Å². The van der Waals surface area contributed by atoms with E-state index in [1.54, 1.807) is 38.1 Å². The van der Waals surface area contributed by atoms with Crippen LogP contribution in [0.4, 0.5) is 0 Å². The quantitative estimate of drug-likeness (QED) is 0.721. The van der Waals surface area contributed by atoms with Crippen LogP contribution in [0.2, 0.25) is 0 Å². The lowest BCUT2D eigenvalue weighted by Gasteiger charge is -2.28. The fourth-order valence-corrected chi connectivity index (χ4v) is 4.12. The van der Waals surface area contributed by atoms with Gasteiger partial charge in [0.25, 0.3) is 11.8 Å². The van der Waals surface area contributed by atoms with Gasteiger partial charge in [-0.1, -0.05) is 12.1 Å². The summed E-state index contributed by atoms with van der Waals surface area (Å²) in [6, 6.07) is 6.72. The van der Waals surface area contributed by atoms with Crippen molar-refractivity contribution in [2.24, 2.45) is 5.92 Å². The molecule has 0 aliphatic carbocycles. The summed E-state index contributed by atoms with van der Waals surface area (Å²) in [6.45, 7) is 3.25. The SMILES string of the molecule is CC1(C)O[C@H]2O[C@@H]([C@H](O)CO)[C@@H](CCN3C(=O)c4ccccc4C3=O)[C@H]2O1. The number of carbonyl (C=O) groups is 2. The maximum absolute atomic E-state index is 12.5. The van der Waals surface area contributed by atoms with Gasteiger partial charge in [-0.05, 0) is 32.4 Å². The molecule has 0 unspecified atom stereocenters. The molecule has 2 amide bonds. The van der Waals surface area contributed by atoms with Gasteiger partial charge in [0.1, 0.15) is 12.2 Å². The van der Waals surface area contributed by atoms with Crippen molar-refractivity contribution in [2.75, 3.05) is 13.2 Å². The van der Waals surface area contributed by atoms with E-state index >= 15 is 0 Å². The molecule has 146 valence electrons. The van der Waals surface area contributed by atoms with Gasteiger partial charge in [-0.15, -0.1) is 0 Å². The average molecular weight is 377 g/mol. The molecule has 27 heavy (non-hydrogen) atoms. The van der Waals surface area contributed by atoms with E-state index in [0.29, 0.717) is 17.5 Å². The Morgan fingerprint density at radius 3 is 2.37 bits per heavy atom. The zero-order valence-corrected chi connectivity index (χ0v) is 15.2. The van der Waals surface area contributed by atoms with Gasteiger partial charge in [0.15, 0.2) is 12.1 Å². The average Bonchev–Trinajstić information content (AvgIpc) is 3.20. The number of fused-ring (bicyclic) bond motifs is 2. The largest absolute Gasteiger partial charge is 0.394 e. The van der Waals surface area contributed by atoms with Crippen LogP contribution in [-0.4, -0.2) is 70.5 Å². The zero-order valence-electron chi connectivity index (χ0n) is 15.2. The standard InChI is InChI=1S/C19H23NO7/c1-19(2)26-15-12(14(13(22)9-21)25-18(15)27-19)7-8-20-16(23)10-5-3-4-6-11(10)17(20)24/h3-6,12-15,18,21-22H,7-9H2,1-2H3/t12-,13-,14-,15-,18-/m1/s1. The smallest absolute Gasteiger partial charge is 0.261 e. The Hall–Kier alpha value is -1.84. The highest BCUT2D eigenvalue weighted by molar-refractivity contribution is 6.21. The molecule has 0 spiro atoms. The Morgan fingerprint density at radius 1 is 1.15 bits per heavy atom. The van der Waals surface area contributed by atoms with E-state index in [1.807, 2.05) is 0 Å². The van der Waals surface area contributed by atoms with Gasteiger partial charge in [0.05, 0.1) is 23.8 Å². The Morgan fingerprint density at radius 2 is 1.78 bits per heavy atom. The van der Waals surface area contributed by atoms with Crippen molar-refractivity contribution in [3.05, 3.63) is 35.4 Å². The lowest BCUT2D eigenvalue weighted by Crippen LogP contribution is -2.41. The first-order chi connectivity index (χ1) is 12.8. The van der Waals surface area contributed by atoms with Crippen LogP contribution in [0.1, 0.15) is 41.0 Å². The maximum Gasteiger partial charge on any atom is 0.261 e. The first-order valence-corrected chi connectivity index (χ1v) is 9.07. The van der Waals surface area contributed by atoms with E-state index in [1.165, 1.54) is 4.90 Å². The number of aliphatic hydroxyl groups excluding tert-OH is 2. The van der Waals surface area contributed by atoms with Crippen molar-refractivity contribution in [2.45, 2.75) is 50.7 Å². The molecule has 2 fully saturated rings. The summed E-state index contributed by atoms with van der Waals surface area (Å²) >= 11 is 0. The molecule has 1 aromatic rings. The van der Waals surface area contributed by atoms with Crippen LogP contribution in [0.3, 0.4) is 0 Å². The highest BCUT2D eigenvalue weighted by atomic mass is 16.8. The third-order valence-electron chi connectivity index (χ3n) is 5.35. The van der Waals surface area contributed by atoms with E-state index < -0.39 is 37.0 Å². The molecule has 0 aromatic heterocycles. The number of nitrogens with zero attached hydrogens (tertiary/aromatic N) is 1. The molecule has 0 bridgehead atoms. The third-order valence-corrected chi connectivity index (χ3v) is 5.35. The monoisotopic (exact) mass is 377 g/mol. The second-order valence-corrected chi connectivity index (χ2v) is 7.58. The number of ether oxygens (including phenoxy) is 3. The molecule has 1 aromatic carbocycles. The molecule has 8 heteroatoms. The van der Waals surface area contributed by atoms with Gasteiger partial charge >= 0.3 is 0 Å². The summed E-state index contributed by atoms with van der Waals surface area (Å²) in [4.78, 5) is 26.3. The number of hydrogen-bond donors (Lipinski definition) is 2. The van der Waals surface area contributed by atoms with Crippen molar-refractivity contribution < 1.29 is 34.0 Å². The first kappa shape index (κ1) is 18.5. The summed E-state index contributed by atoms with van der Waals surface area (Å²) in [7, 11) is 0. The van der Waals surface area contributed by atoms with Crippen LogP contribution in [0.25, 0.3) is 0 Å². The zero-order chi connectivity index (χ0) is 19.3. The second kappa shape index (κ2) is 6.65. The Kier molecular flexibility index (Phi) is 4.56. The Labute approximate surface area is 156 Å². The fourth-order valence-electron chi connectivity index (χ4n) is 4.12. The van der Waals surface area contributed by atoms with E-state index in [9.17, 15) is 19.8 Å². The third kappa shape index (κ3) is 3.07. The van der Waals surface area contributed by atoms with Crippen LogP contribution >= 0.6 is 0 Å². The van der Waals surface area contributed by atoms with Gasteiger partial charge in [0.2, 0.25) is 0 Å². The maximum atomic E-state index is 12.5. The number of benzene rings is 1. The van der Waals surface area contributed by atoms with Crippen LogP contribution in [-0.2, 0) is 14.2 Å². The Bertz CT molecular complexity index is 729. The second-order valence-electron chi connectivity index (χ2n) is 7.58. The van der Waals surface area contributed by atoms with E-state index in [4.69, 9.17) is 14.2 Å². The van der Waals surface area contributed by atoms with Crippen LogP contribution in [0.5, 0.6) is 0 Å². The molecule has 0 radical (unpaired) electrons. The molecule has 0 saturated carbocycles. The van der Waals surface area contributed by atoms with Crippen molar-refractivity contribution >= 4 is 11.8 Å². The molecular weight excluding hydrogens is 354 g/mol. The highest BCUT2D eigenvalue weighted by Crippen LogP contribution is 2.43. The van der Waals surface area contributed by atoms with Crippen LogP contribution in [0.15, 0.2) is 24.3 Å². The summed E-state index contributed by atoms with van der Waals surface area (Å²) < 4.78 is 17.4. The molecule has 2 N–H and O–H groups in total. The molecule has 4 rings (SSSR count). The number of hydrogen-bond acceptors (Lipinski definition) is 7. The fraction of sp³-hybridized carbons (Fsp3) is 0.579. The number of aliphatic hydroxyl groups is 2. The van der Waals surface area contributed by atoms with Crippen LogP contribution < -0.4 is 0 Å². The topological polar surface area (TPSA) is 106 Å². The molecule has 3 heterocycles. The van der Waals surface area contributed by atoms with Crippen molar-refractivity contribution in [3.63, 3.8) is 0 Å². The van der Waals surface area contributed by atoms with Gasteiger partial charge < -0.3 is 24.4 Å². The lowest BCUT2D eigenvalue weighted by molar-refractivity contribution is -0.222. The minimum absolute atomic E-state index is 0.169. The lowest BCUT2D eigenvalue weighted by atomic mass is 9.91. The summed E-state index contributed by atoms with van der Waals surface area (Å²) in [5, 5.41) is 19.4. The molecule has 5 atom stereocenters. The summed E-state index contributed by atoms with van der Waals surface area (Å²) in [5.41, 5.74) is 0.799. The van der Waals surface area contributed by atoms with Gasteiger partial charge in [0, 0.05) is 12.5 Å². The predicted molar refractivity (Wildman–Crippen MR) is 91.7 cm³/mol. The molecule has 8 nitrogen and oxygen atoms in total. The van der Waals surface area contributed by atoms with E-state index in [2.05, 4.69) is 0 Å². The summed E-state index contributed by atoms with van der Waals surface area (Å²) in [6.07, 6.45) is -2.53. The van der Waals surface area contributed by atoms with Gasteiger partial charge in [-0.3, -0.25) is 14.5 Å². The molecular formula is C19H23NO7. The normalized spacial score (nSPS) is 32.7. The number of amides is 2. The Balaban J connectivity index is 1.50. The molecule has 3 aliphatic rings.